The van der Waals surface area contributed by atoms with Crippen LogP contribution >= 0.6 is 0 Å². The zero-order chi connectivity index (χ0) is 15.4. The number of aryl methyl sites for hydroxylation is 2. The lowest BCUT2D eigenvalue weighted by Crippen LogP contribution is -2.10. The van der Waals surface area contributed by atoms with Crippen LogP contribution in [0.4, 0.5) is 11.4 Å². The van der Waals surface area contributed by atoms with Crippen LogP contribution in [0.3, 0.4) is 0 Å². The van der Waals surface area contributed by atoms with E-state index in [2.05, 4.69) is 30.0 Å². The summed E-state index contributed by atoms with van der Waals surface area (Å²) in [6, 6.07) is 14.3. The van der Waals surface area contributed by atoms with Gasteiger partial charge in [-0.15, -0.1) is 0 Å². The third kappa shape index (κ3) is 3.72. The second-order valence-corrected chi connectivity index (χ2v) is 5.12. The fourth-order valence-electron chi connectivity index (χ4n) is 2.30. The van der Waals surface area contributed by atoms with Gasteiger partial charge in [0.2, 0.25) is 0 Å². The van der Waals surface area contributed by atoms with Gasteiger partial charge < -0.3 is 10.0 Å². The van der Waals surface area contributed by atoms with Crippen molar-refractivity contribution in [2.24, 2.45) is 0 Å². The molecule has 0 aliphatic heterocycles. The third-order valence-electron chi connectivity index (χ3n) is 3.39. The van der Waals surface area contributed by atoms with Gasteiger partial charge in [-0.05, 0) is 60.9 Å². The molecule has 2 aromatic rings. The minimum absolute atomic E-state index is 0.885. The van der Waals surface area contributed by atoms with Crippen LogP contribution in [0.15, 0.2) is 48.5 Å². The van der Waals surface area contributed by atoms with Crippen molar-refractivity contribution >= 4 is 23.4 Å². The van der Waals surface area contributed by atoms with E-state index < -0.39 is 5.97 Å². The number of rotatable bonds is 4. The van der Waals surface area contributed by atoms with Gasteiger partial charge in [0.15, 0.2) is 0 Å². The van der Waals surface area contributed by atoms with Crippen LogP contribution < -0.4 is 4.90 Å². The molecule has 0 fully saturated rings. The fraction of sp³-hybridized carbons (Fsp3) is 0.167. The van der Waals surface area contributed by atoms with Crippen LogP contribution in [0, 0.1) is 13.8 Å². The van der Waals surface area contributed by atoms with Gasteiger partial charge in [-0.3, -0.25) is 0 Å². The topological polar surface area (TPSA) is 40.5 Å². The molecule has 0 aliphatic carbocycles. The lowest BCUT2D eigenvalue weighted by atomic mass is 10.1. The summed E-state index contributed by atoms with van der Waals surface area (Å²) in [6.45, 7) is 4.10. The maximum Gasteiger partial charge on any atom is 0.328 e. The molecule has 0 radical (unpaired) electrons. The second-order valence-electron chi connectivity index (χ2n) is 5.12. The van der Waals surface area contributed by atoms with Crippen molar-refractivity contribution in [1.29, 1.82) is 0 Å². The Labute approximate surface area is 125 Å². The Morgan fingerprint density at radius 2 is 1.90 bits per heavy atom. The Bertz CT molecular complexity index is 689. The largest absolute Gasteiger partial charge is 0.478 e. The van der Waals surface area contributed by atoms with Crippen LogP contribution in [0.2, 0.25) is 0 Å². The van der Waals surface area contributed by atoms with Gasteiger partial charge in [0, 0.05) is 24.5 Å². The maximum absolute atomic E-state index is 10.6. The highest BCUT2D eigenvalue weighted by molar-refractivity contribution is 5.85. The number of hydrogen-bond donors (Lipinski definition) is 1. The molecule has 1 N–H and O–H groups in total. The summed E-state index contributed by atoms with van der Waals surface area (Å²) in [5.74, 6) is -0.936. The monoisotopic (exact) mass is 281 g/mol. The molecule has 21 heavy (non-hydrogen) atoms. The molecule has 0 amide bonds. The molecule has 0 aromatic heterocycles. The van der Waals surface area contributed by atoms with Crippen molar-refractivity contribution in [2.45, 2.75) is 13.8 Å². The Morgan fingerprint density at radius 1 is 1.14 bits per heavy atom. The lowest BCUT2D eigenvalue weighted by Gasteiger charge is -2.22. The molecule has 0 bridgehead atoms. The molecule has 0 unspecified atom stereocenters. The first kappa shape index (κ1) is 14.9. The lowest BCUT2D eigenvalue weighted by molar-refractivity contribution is -0.131. The quantitative estimate of drug-likeness (QED) is 0.855. The molecule has 0 spiro atoms. The number of benzene rings is 2. The highest BCUT2D eigenvalue weighted by Crippen LogP contribution is 2.28. The summed E-state index contributed by atoms with van der Waals surface area (Å²) in [4.78, 5) is 12.7. The summed E-state index contributed by atoms with van der Waals surface area (Å²) in [5.41, 5.74) is 5.45. The highest BCUT2D eigenvalue weighted by Gasteiger charge is 2.07. The standard InChI is InChI=1S/C18H19NO2/c1-13-5-4-6-16(11-13)19(3)17-9-7-15(12-14(17)2)8-10-18(20)21/h4-12H,1-3H3,(H,20,21). The van der Waals surface area contributed by atoms with Crippen LogP contribution in [-0.2, 0) is 4.79 Å². The molecule has 0 saturated heterocycles. The average molecular weight is 281 g/mol. The molecular formula is C18H19NO2. The predicted molar refractivity (Wildman–Crippen MR) is 87.1 cm³/mol. The van der Waals surface area contributed by atoms with Gasteiger partial charge >= 0.3 is 5.97 Å². The molecule has 0 atom stereocenters. The SMILES string of the molecule is Cc1cccc(N(C)c2ccc(C=CC(=O)O)cc2C)c1. The average Bonchev–Trinajstić information content (AvgIpc) is 2.44. The number of nitrogens with zero attached hydrogens (tertiary/aromatic N) is 1. The zero-order valence-corrected chi connectivity index (χ0v) is 12.5. The number of hydrogen-bond acceptors (Lipinski definition) is 2. The van der Waals surface area contributed by atoms with Crippen molar-refractivity contribution in [3.8, 4) is 0 Å². The molecule has 108 valence electrons. The van der Waals surface area contributed by atoms with Crippen LogP contribution in [-0.4, -0.2) is 18.1 Å². The van der Waals surface area contributed by atoms with Crippen LogP contribution in [0.1, 0.15) is 16.7 Å². The minimum atomic E-state index is -0.936. The van der Waals surface area contributed by atoms with E-state index in [0.29, 0.717) is 0 Å². The Hall–Kier alpha value is -2.55. The fourth-order valence-corrected chi connectivity index (χ4v) is 2.30. The Kier molecular flexibility index (Phi) is 4.43. The van der Waals surface area contributed by atoms with E-state index in [4.69, 9.17) is 5.11 Å². The summed E-state index contributed by atoms with van der Waals surface area (Å²) >= 11 is 0. The Morgan fingerprint density at radius 3 is 2.52 bits per heavy atom. The Balaban J connectivity index is 2.30. The summed E-state index contributed by atoms with van der Waals surface area (Å²) in [6.07, 6.45) is 2.75. The number of carboxylic acids is 1. The summed E-state index contributed by atoms with van der Waals surface area (Å²) in [7, 11) is 2.03. The first-order valence-electron chi connectivity index (χ1n) is 6.79. The third-order valence-corrected chi connectivity index (χ3v) is 3.39. The van der Waals surface area contributed by atoms with Crippen LogP contribution in [0.5, 0.6) is 0 Å². The van der Waals surface area contributed by atoms with Crippen molar-refractivity contribution in [1.82, 2.24) is 0 Å². The van der Waals surface area contributed by atoms with Gasteiger partial charge in [-0.2, -0.15) is 0 Å². The van der Waals surface area contributed by atoms with Gasteiger partial charge in [0.25, 0.3) is 0 Å². The van der Waals surface area contributed by atoms with E-state index in [1.165, 1.54) is 5.56 Å². The van der Waals surface area contributed by atoms with Gasteiger partial charge in [0.05, 0.1) is 0 Å². The highest BCUT2D eigenvalue weighted by atomic mass is 16.4. The number of carboxylic acid groups (broad SMARTS) is 1. The number of carbonyl (C=O) groups is 1. The molecule has 3 heteroatoms. The number of anilines is 2. The van der Waals surface area contributed by atoms with E-state index in [1.54, 1.807) is 6.08 Å². The van der Waals surface area contributed by atoms with Gasteiger partial charge in [0.1, 0.15) is 0 Å². The van der Waals surface area contributed by atoms with Crippen molar-refractivity contribution in [3.05, 3.63) is 65.2 Å². The van der Waals surface area contributed by atoms with Gasteiger partial charge in [-0.1, -0.05) is 18.2 Å². The van der Waals surface area contributed by atoms with E-state index in [-0.39, 0.29) is 0 Å². The van der Waals surface area contributed by atoms with E-state index in [9.17, 15) is 4.79 Å². The molecule has 0 aliphatic rings. The van der Waals surface area contributed by atoms with Crippen molar-refractivity contribution < 1.29 is 9.90 Å². The second kappa shape index (κ2) is 6.27. The molecular weight excluding hydrogens is 262 g/mol. The van der Waals surface area contributed by atoms with E-state index in [0.717, 1.165) is 28.6 Å². The summed E-state index contributed by atoms with van der Waals surface area (Å²) in [5, 5.41) is 8.67. The molecule has 0 saturated carbocycles. The zero-order valence-electron chi connectivity index (χ0n) is 12.5. The molecule has 2 rings (SSSR count). The first-order valence-corrected chi connectivity index (χ1v) is 6.79. The van der Waals surface area contributed by atoms with Crippen molar-refractivity contribution in [2.75, 3.05) is 11.9 Å². The molecule has 0 heterocycles. The maximum atomic E-state index is 10.6. The predicted octanol–water partition coefficient (Wildman–Crippen LogP) is 4.17. The molecule has 3 nitrogen and oxygen atoms in total. The summed E-state index contributed by atoms with van der Waals surface area (Å²) < 4.78 is 0. The minimum Gasteiger partial charge on any atom is -0.478 e. The number of aliphatic carboxylic acids is 1. The van der Waals surface area contributed by atoms with Crippen LogP contribution in [0.25, 0.3) is 6.08 Å². The molecule has 2 aromatic carbocycles. The van der Waals surface area contributed by atoms with Crippen molar-refractivity contribution in [3.63, 3.8) is 0 Å². The normalized spacial score (nSPS) is 10.8. The van der Waals surface area contributed by atoms with E-state index in [1.807, 2.05) is 38.2 Å². The van der Waals surface area contributed by atoms with E-state index >= 15 is 0 Å². The smallest absolute Gasteiger partial charge is 0.328 e. The van der Waals surface area contributed by atoms with Gasteiger partial charge in [-0.25, -0.2) is 4.79 Å². The first-order chi connectivity index (χ1) is 9.97.